The first-order chi connectivity index (χ1) is 6.68. The Morgan fingerprint density at radius 3 is 2.79 bits per heavy atom. The van der Waals surface area contributed by atoms with E-state index in [1.165, 1.54) is 6.07 Å². The lowest BCUT2D eigenvalue weighted by Crippen LogP contribution is -1.88. The van der Waals surface area contributed by atoms with Crippen LogP contribution in [0.5, 0.6) is 0 Å². The van der Waals surface area contributed by atoms with Crippen molar-refractivity contribution in [2.75, 3.05) is 0 Å². The minimum atomic E-state index is -0.347. The summed E-state index contributed by atoms with van der Waals surface area (Å²) in [5.74, 6) is 0.379. The van der Waals surface area contributed by atoms with E-state index < -0.39 is 0 Å². The zero-order valence-electron chi connectivity index (χ0n) is 7.29. The van der Waals surface area contributed by atoms with Crippen LogP contribution in [0.3, 0.4) is 0 Å². The van der Waals surface area contributed by atoms with Crippen LogP contribution in [0.2, 0.25) is 0 Å². The topological polar surface area (TPSA) is 38.9 Å². The third kappa shape index (κ3) is 1.63. The van der Waals surface area contributed by atoms with Crippen molar-refractivity contribution in [3.8, 4) is 11.5 Å². The molecule has 5 heteroatoms. The van der Waals surface area contributed by atoms with Gasteiger partial charge in [-0.05, 0) is 41.6 Å². The molecule has 3 nitrogen and oxygen atoms in total. The maximum Gasteiger partial charge on any atom is 0.261 e. The second kappa shape index (κ2) is 3.64. The third-order valence-corrected chi connectivity index (χ3v) is 2.60. The Balaban J connectivity index is 2.61. The first kappa shape index (κ1) is 9.57. The van der Waals surface area contributed by atoms with Crippen molar-refractivity contribution in [2.24, 2.45) is 0 Å². The average Bonchev–Trinajstić information content (AvgIpc) is 2.51. The third-order valence-electron chi connectivity index (χ3n) is 1.70. The van der Waals surface area contributed by atoms with E-state index in [4.69, 9.17) is 4.52 Å². The van der Waals surface area contributed by atoms with Gasteiger partial charge in [0.05, 0.1) is 5.56 Å². The van der Waals surface area contributed by atoms with E-state index in [9.17, 15) is 4.39 Å². The van der Waals surface area contributed by atoms with Gasteiger partial charge in [0.25, 0.3) is 5.89 Å². The second-order valence-corrected chi connectivity index (χ2v) is 3.91. The zero-order chi connectivity index (χ0) is 10.1. The van der Waals surface area contributed by atoms with Crippen LogP contribution < -0.4 is 0 Å². The van der Waals surface area contributed by atoms with Gasteiger partial charge in [-0.25, -0.2) is 4.39 Å². The molecule has 2 aromatic rings. The molecular weight excluding hydrogens is 298 g/mol. The van der Waals surface area contributed by atoms with Crippen molar-refractivity contribution in [1.82, 2.24) is 10.1 Å². The van der Waals surface area contributed by atoms with Crippen LogP contribution in [0.4, 0.5) is 4.39 Å². The van der Waals surface area contributed by atoms with Crippen LogP contribution in [0.25, 0.3) is 11.5 Å². The van der Waals surface area contributed by atoms with E-state index in [0.717, 1.165) is 3.57 Å². The molecule has 0 bridgehead atoms. The molecular formula is C9H6FIN2O. The van der Waals surface area contributed by atoms with Crippen molar-refractivity contribution in [1.29, 1.82) is 0 Å². The van der Waals surface area contributed by atoms with Gasteiger partial charge < -0.3 is 4.52 Å². The van der Waals surface area contributed by atoms with Gasteiger partial charge in [-0.2, -0.15) is 4.98 Å². The van der Waals surface area contributed by atoms with Gasteiger partial charge in [-0.1, -0.05) is 11.2 Å². The van der Waals surface area contributed by atoms with E-state index in [1.54, 1.807) is 19.1 Å². The van der Waals surface area contributed by atoms with Crippen molar-refractivity contribution < 1.29 is 8.91 Å². The fraction of sp³-hybridized carbons (Fsp3) is 0.111. The summed E-state index contributed by atoms with van der Waals surface area (Å²) < 4.78 is 19.1. The van der Waals surface area contributed by atoms with Crippen molar-refractivity contribution in [2.45, 2.75) is 6.92 Å². The van der Waals surface area contributed by atoms with Gasteiger partial charge in [-0.15, -0.1) is 0 Å². The molecule has 0 N–H and O–H groups in total. The normalized spacial score (nSPS) is 10.5. The summed E-state index contributed by atoms with van der Waals surface area (Å²) in [7, 11) is 0. The summed E-state index contributed by atoms with van der Waals surface area (Å²) >= 11 is 2.03. The Labute approximate surface area is 93.5 Å². The molecule has 0 unspecified atom stereocenters. The average molecular weight is 304 g/mol. The highest BCUT2D eigenvalue weighted by Crippen LogP contribution is 2.26. The molecule has 0 saturated heterocycles. The molecule has 2 rings (SSSR count). The van der Waals surface area contributed by atoms with Crippen molar-refractivity contribution in [3.63, 3.8) is 0 Å². The van der Waals surface area contributed by atoms with Crippen LogP contribution >= 0.6 is 22.6 Å². The van der Waals surface area contributed by atoms with Crippen molar-refractivity contribution >= 4 is 22.6 Å². The van der Waals surface area contributed by atoms with Gasteiger partial charge >= 0.3 is 0 Å². The number of halogens is 2. The molecule has 0 radical (unpaired) electrons. The molecule has 0 spiro atoms. The number of nitrogens with zero attached hydrogens (tertiary/aromatic N) is 2. The molecule has 1 aromatic heterocycles. The molecule has 0 atom stereocenters. The largest absolute Gasteiger partial charge is 0.334 e. The van der Waals surface area contributed by atoms with E-state index in [2.05, 4.69) is 10.1 Å². The first-order valence-corrected chi connectivity index (χ1v) is 5.01. The quantitative estimate of drug-likeness (QED) is 0.761. The summed E-state index contributed by atoms with van der Waals surface area (Å²) in [6, 6.07) is 4.80. The lowest BCUT2D eigenvalue weighted by Gasteiger charge is -1.99. The number of hydrogen-bond acceptors (Lipinski definition) is 3. The predicted molar refractivity (Wildman–Crippen MR) is 57.1 cm³/mol. The van der Waals surface area contributed by atoms with Crippen LogP contribution in [0, 0.1) is 16.3 Å². The van der Waals surface area contributed by atoms with Gasteiger partial charge in [0.15, 0.2) is 5.82 Å². The molecule has 0 saturated carbocycles. The summed E-state index contributed by atoms with van der Waals surface area (Å²) in [5, 5.41) is 3.62. The number of aromatic nitrogens is 2. The maximum absolute atomic E-state index is 13.4. The minimum absolute atomic E-state index is 0.227. The molecule has 72 valence electrons. The van der Waals surface area contributed by atoms with Gasteiger partial charge in [-0.3, -0.25) is 0 Å². The molecule has 0 amide bonds. The fourth-order valence-electron chi connectivity index (χ4n) is 1.10. The predicted octanol–water partition coefficient (Wildman–Crippen LogP) is 2.79. The Kier molecular flexibility index (Phi) is 2.49. The van der Waals surface area contributed by atoms with E-state index in [0.29, 0.717) is 11.4 Å². The van der Waals surface area contributed by atoms with Gasteiger partial charge in [0.2, 0.25) is 0 Å². The van der Waals surface area contributed by atoms with Gasteiger partial charge in [0, 0.05) is 3.57 Å². The number of aryl methyl sites for hydroxylation is 1. The minimum Gasteiger partial charge on any atom is -0.334 e. The summed E-state index contributed by atoms with van der Waals surface area (Å²) in [6.45, 7) is 1.70. The lowest BCUT2D eigenvalue weighted by atomic mass is 10.2. The highest BCUT2D eigenvalue weighted by Gasteiger charge is 2.14. The van der Waals surface area contributed by atoms with Gasteiger partial charge in [0.1, 0.15) is 5.82 Å². The zero-order valence-corrected chi connectivity index (χ0v) is 9.45. The maximum atomic E-state index is 13.4. The Bertz CT molecular complexity index is 449. The molecule has 1 aromatic carbocycles. The summed E-state index contributed by atoms with van der Waals surface area (Å²) in [5.41, 5.74) is 0.369. The summed E-state index contributed by atoms with van der Waals surface area (Å²) in [6.07, 6.45) is 0. The van der Waals surface area contributed by atoms with E-state index in [1.807, 2.05) is 22.6 Å². The number of rotatable bonds is 1. The molecule has 0 aliphatic rings. The van der Waals surface area contributed by atoms with E-state index >= 15 is 0 Å². The number of hydrogen-bond donors (Lipinski definition) is 0. The fourth-order valence-corrected chi connectivity index (χ4v) is 1.80. The second-order valence-electron chi connectivity index (χ2n) is 2.74. The highest BCUT2D eigenvalue weighted by molar-refractivity contribution is 14.1. The Morgan fingerprint density at radius 2 is 2.21 bits per heavy atom. The molecule has 0 aliphatic carbocycles. The van der Waals surface area contributed by atoms with E-state index in [-0.39, 0.29) is 11.7 Å². The number of benzene rings is 1. The Hall–Kier alpha value is -0.980. The van der Waals surface area contributed by atoms with Crippen LogP contribution in [-0.2, 0) is 0 Å². The molecule has 14 heavy (non-hydrogen) atoms. The van der Waals surface area contributed by atoms with Crippen LogP contribution in [-0.4, -0.2) is 10.1 Å². The molecule has 0 fully saturated rings. The Morgan fingerprint density at radius 1 is 1.43 bits per heavy atom. The summed E-state index contributed by atoms with van der Waals surface area (Å²) in [4.78, 5) is 3.98. The highest BCUT2D eigenvalue weighted by atomic mass is 127. The first-order valence-electron chi connectivity index (χ1n) is 3.93. The molecule has 1 heterocycles. The van der Waals surface area contributed by atoms with Crippen LogP contribution in [0.15, 0.2) is 22.7 Å². The molecule has 0 aliphatic heterocycles. The SMILES string of the molecule is Cc1noc(-c2c(F)cccc2I)n1. The van der Waals surface area contributed by atoms with Crippen molar-refractivity contribution in [3.05, 3.63) is 33.4 Å². The smallest absolute Gasteiger partial charge is 0.261 e. The monoisotopic (exact) mass is 304 g/mol. The van der Waals surface area contributed by atoms with Crippen LogP contribution in [0.1, 0.15) is 5.82 Å². The lowest BCUT2D eigenvalue weighted by molar-refractivity contribution is 0.423. The standard InChI is InChI=1S/C9H6FIN2O/c1-5-12-9(14-13-5)8-6(10)3-2-4-7(8)11/h2-4H,1H3.